The second-order valence-electron chi connectivity index (χ2n) is 4.41. The Bertz CT molecular complexity index is 376. The fourth-order valence-electron chi connectivity index (χ4n) is 2.16. The number of nitrogens with zero attached hydrogens (tertiary/aromatic N) is 2. The van der Waals surface area contributed by atoms with Gasteiger partial charge < -0.3 is 10.6 Å². The lowest BCUT2D eigenvalue weighted by Crippen LogP contribution is -2.35. The van der Waals surface area contributed by atoms with Crippen LogP contribution in [0.25, 0.3) is 0 Å². The van der Waals surface area contributed by atoms with Crippen molar-refractivity contribution in [3.05, 3.63) is 5.69 Å². The zero-order valence-electron chi connectivity index (χ0n) is 8.72. The Hall–Kier alpha value is -1.19. The Kier molecular flexibility index (Phi) is 1.42. The van der Waals surface area contributed by atoms with Crippen LogP contribution in [0.15, 0.2) is 0 Å². The van der Waals surface area contributed by atoms with Crippen molar-refractivity contribution < 1.29 is 0 Å². The minimum atomic E-state index is 0.353. The van der Waals surface area contributed by atoms with E-state index in [-0.39, 0.29) is 0 Å². The molecule has 2 aliphatic rings. The van der Waals surface area contributed by atoms with Crippen molar-refractivity contribution in [1.82, 2.24) is 9.78 Å². The van der Waals surface area contributed by atoms with Crippen LogP contribution in [-0.2, 0) is 13.5 Å². The molecule has 4 heteroatoms. The molecule has 2 heterocycles. The number of hydrogen-bond acceptors (Lipinski definition) is 3. The smallest absolute Gasteiger partial charge is 0.148 e. The van der Waals surface area contributed by atoms with Gasteiger partial charge in [-0.05, 0) is 19.3 Å². The maximum Gasteiger partial charge on any atom is 0.148 e. The first-order chi connectivity index (χ1) is 6.74. The summed E-state index contributed by atoms with van der Waals surface area (Å²) in [6, 6.07) is 0. The highest BCUT2D eigenvalue weighted by atomic mass is 15.4. The van der Waals surface area contributed by atoms with Crippen LogP contribution in [0.4, 0.5) is 11.5 Å². The third kappa shape index (κ3) is 0.966. The van der Waals surface area contributed by atoms with Crippen molar-refractivity contribution in [3.8, 4) is 0 Å². The van der Waals surface area contributed by atoms with Crippen LogP contribution in [0.3, 0.4) is 0 Å². The summed E-state index contributed by atoms with van der Waals surface area (Å²) in [7, 11) is 2.01. The molecule has 0 aromatic carbocycles. The van der Waals surface area contributed by atoms with Crippen molar-refractivity contribution >= 4 is 11.5 Å². The monoisotopic (exact) mass is 192 g/mol. The molecule has 1 fully saturated rings. The van der Waals surface area contributed by atoms with E-state index in [1.54, 1.807) is 0 Å². The SMILES string of the molecule is CCc1nn(C)c2c1NCC1(CC1)N2. The minimum absolute atomic E-state index is 0.353. The molecule has 14 heavy (non-hydrogen) atoms. The Morgan fingerprint density at radius 1 is 1.50 bits per heavy atom. The van der Waals surface area contributed by atoms with Gasteiger partial charge in [-0.1, -0.05) is 6.92 Å². The second kappa shape index (κ2) is 2.43. The Labute approximate surface area is 83.7 Å². The molecule has 0 saturated heterocycles. The average Bonchev–Trinajstić information content (AvgIpc) is 2.86. The first kappa shape index (κ1) is 8.15. The Morgan fingerprint density at radius 2 is 2.29 bits per heavy atom. The predicted octanol–water partition coefficient (Wildman–Crippen LogP) is 1.35. The van der Waals surface area contributed by atoms with Gasteiger partial charge >= 0.3 is 0 Å². The van der Waals surface area contributed by atoms with Gasteiger partial charge in [0, 0.05) is 13.6 Å². The van der Waals surface area contributed by atoms with Crippen LogP contribution in [0.5, 0.6) is 0 Å². The largest absolute Gasteiger partial charge is 0.378 e. The van der Waals surface area contributed by atoms with E-state index in [9.17, 15) is 0 Å². The maximum absolute atomic E-state index is 4.50. The molecule has 3 rings (SSSR count). The summed E-state index contributed by atoms with van der Waals surface area (Å²) < 4.78 is 1.96. The van der Waals surface area contributed by atoms with Gasteiger partial charge in [-0.25, -0.2) is 0 Å². The summed E-state index contributed by atoms with van der Waals surface area (Å²) in [4.78, 5) is 0. The number of aromatic nitrogens is 2. The highest BCUT2D eigenvalue weighted by Crippen LogP contribution is 2.44. The standard InChI is InChI=1S/C10H16N4/c1-3-7-8-9(14(2)13-7)12-10(4-5-10)6-11-8/h11-12H,3-6H2,1-2H3. The van der Waals surface area contributed by atoms with Crippen LogP contribution in [-0.4, -0.2) is 21.9 Å². The summed E-state index contributed by atoms with van der Waals surface area (Å²) in [5.74, 6) is 1.17. The van der Waals surface area contributed by atoms with Gasteiger partial charge in [-0.2, -0.15) is 5.10 Å². The Morgan fingerprint density at radius 3 is 2.93 bits per heavy atom. The average molecular weight is 192 g/mol. The fraction of sp³-hybridized carbons (Fsp3) is 0.700. The molecule has 0 atom stereocenters. The van der Waals surface area contributed by atoms with E-state index in [0.717, 1.165) is 13.0 Å². The third-order valence-electron chi connectivity index (χ3n) is 3.30. The normalized spacial score (nSPS) is 21.3. The van der Waals surface area contributed by atoms with E-state index in [1.165, 1.54) is 30.0 Å². The molecule has 76 valence electrons. The van der Waals surface area contributed by atoms with E-state index in [2.05, 4.69) is 22.7 Å². The van der Waals surface area contributed by atoms with Crippen LogP contribution in [0.1, 0.15) is 25.5 Å². The number of anilines is 2. The van der Waals surface area contributed by atoms with Crippen molar-refractivity contribution in [2.24, 2.45) is 7.05 Å². The number of aryl methyl sites for hydroxylation is 2. The van der Waals surface area contributed by atoms with Crippen LogP contribution in [0, 0.1) is 0 Å². The Balaban J connectivity index is 2.03. The molecule has 0 radical (unpaired) electrons. The van der Waals surface area contributed by atoms with Gasteiger partial charge in [0.15, 0.2) is 0 Å². The van der Waals surface area contributed by atoms with Crippen molar-refractivity contribution in [2.45, 2.75) is 31.7 Å². The van der Waals surface area contributed by atoms with E-state index in [0.29, 0.717) is 5.54 Å². The van der Waals surface area contributed by atoms with E-state index in [4.69, 9.17) is 0 Å². The molecule has 0 unspecified atom stereocenters. The molecular formula is C10H16N4. The molecule has 0 amide bonds. The molecule has 4 nitrogen and oxygen atoms in total. The molecule has 2 N–H and O–H groups in total. The first-order valence-electron chi connectivity index (χ1n) is 5.32. The van der Waals surface area contributed by atoms with Gasteiger partial charge in [-0.15, -0.1) is 0 Å². The van der Waals surface area contributed by atoms with Crippen molar-refractivity contribution in [2.75, 3.05) is 17.2 Å². The third-order valence-corrected chi connectivity index (χ3v) is 3.30. The molecule has 1 aromatic rings. The van der Waals surface area contributed by atoms with Crippen molar-refractivity contribution in [1.29, 1.82) is 0 Å². The minimum Gasteiger partial charge on any atom is -0.378 e. The number of hydrogen-bond donors (Lipinski definition) is 2. The summed E-state index contributed by atoms with van der Waals surface area (Å²) in [6.07, 6.45) is 3.56. The summed E-state index contributed by atoms with van der Waals surface area (Å²) in [5.41, 5.74) is 2.74. The summed E-state index contributed by atoms with van der Waals surface area (Å²) in [6.45, 7) is 3.20. The van der Waals surface area contributed by atoms with E-state index < -0.39 is 0 Å². The molecule has 1 aliphatic carbocycles. The fourth-order valence-corrected chi connectivity index (χ4v) is 2.16. The highest BCUT2D eigenvalue weighted by molar-refractivity contribution is 5.72. The molecule has 1 saturated carbocycles. The van der Waals surface area contributed by atoms with Gasteiger partial charge in [0.1, 0.15) is 11.5 Å². The van der Waals surface area contributed by atoms with Crippen LogP contribution < -0.4 is 10.6 Å². The molecule has 1 aliphatic heterocycles. The zero-order valence-corrected chi connectivity index (χ0v) is 8.72. The van der Waals surface area contributed by atoms with Crippen LogP contribution >= 0.6 is 0 Å². The van der Waals surface area contributed by atoms with E-state index >= 15 is 0 Å². The quantitative estimate of drug-likeness (QED) is 0.706. The number of nitrogens with one attached hydrogen (secondary N) is 2. The lowest BCUT2D eigenvalue weighted by molar-refractivity contribution is 0.703. The summed E-state index contributed by atoms with van der Waals surface area (Å²) in [5, 5.41) is 11.6. The lowest BCUT2D eigenvalue weighted by Gasteiger charge is -2.26. The molecule has 1 aromatic heterocycles. The van der Waals surface area contributed by atoms with Crippen LogP contribution in [0.2, 0.25) is 0 Å². The first-order valence-corrected chi connectivity index (χ1v) is 5.32. The maximum atomic E-state index is 4.50. The van der Waals surface area contributed by atoms with Gasteiger partial charge in [0.25, 0.3) is 0 Å². The van der Waals surface area contributed by atoms with E-state index in [1.807, 2.05) is 11.7 Å². The number of rotatable bonds is 1. The highest BCUT2D eigenvalue weighted by Gasteiger charge is 2.46. The van der Waals surface area contributed by atoms with Gasteiger partial charge in [0.2, 0.25) is 0 Å². The lowest BCUT2D eigenvalue weighted by atomic mass is 10.2. The zero-order chi connectivity index (χ0) is 9.76. The second-order valence-corrected chi connectivity index (χ2v) is 4.41. The molecule has 1 spiro atoms. The van der Waals surface area contributed by atoms with Gasteiger partial charge in [-0.3, -0.25) is 4.68 Å². The predicted molar refractivity (Wildman–Crippen MR) is 56.7 cm³/mol. The topological polar surface area (TPSA) is 41.9 Å². The number of fused-ring (bicyclic) bond motifs is 1. The van der Waals surface area contributed by atoms with Crippen molar-refractivity contribution in [3.63, 3.8) is 0 Å². The van der Waals surface area contributed by atoms with Gasteiger partial charge in [0.05, 0.1) is 11.2 Å². The molecular weight excluding hydrogens is 176 g/mol. The molecule has 0 bridgehead atoms. The summed E-state index contributed by atoms with van der Waals surface area (Å²) >= 11 is 0.